The Morgan fingerprint density at radius 2 is 1.94 bits per heavy atom. The van der Waals surface area contributed by atoms with Crippen molar-refractivity contribution in [3.05, 3.63) is 39.7 Å². The molecular weight excluding hydrogens is 323 g/mol. The quantitative estimate of drug-likeness (QED) is 0.807. The summed E-state index contributed by atoms with van der Waals surface area (Å²) in [5.74, 6) is 0.639. The lowest BCUT2D eigenvalue weighted by Crippen LogP contribution is -2.27. The van der Waals surface area contributed by atoms with Crippen molar-refractivity contribution in [2.75, 3.05) is 13.1 Å². The number of nitrogens with one attached hydrogen (secondary N) is 1. The van der Waals surface area contributed by atoms with E-state index in [1.54, 1.807) is 0 Å². The molecule has 3 heteroatoms. The number of nitrogens with zero attached hydrogens (tertiary/aromatic N) is 1. The number of piperidine rings is 1. The Balaban J connectivity index is 1.98. The Morgan fingerprint density at radius 3 is 2.76 bits per heavy atom. The molecule has 3 rings (SSSR count). The van der Waals surface area contributed by atoms with Gasteiger partial charge in [-0.2, -0.15) is 0 Å². The van der Waals surface area contributed by atoms with Crippen LogP contribution in [0.25, 0.3) is 10.8 Å². The van der Waals surface area contributed by atoms with Crippen LogP contribution in [-0.2, 0) is 0 Å². The first-order valence-corrected chi connectivity index (χ1v) is 7.17. The number of fused-ring (bicyclic) bond motifs is 1. The Bertz CT molecular complexity index is 533. The minimum atomic E-state index is 0.639. The molecule has 2 heterocycles. The van der Waals surface area contributed by atoms with Crippen LogP contribution >= 0.6 is 22.6 Å². The maximum atomic E-state index is 4.64. The third-order valence-electron chi connectivity index (χ3n) is 3.46. The largest absolute Gasteiger partial charge is 0.317 e. The molecule has 0 bridgehead atoms. The van der Waals surface area contributed by atoms with Crippen LogP contribution in [0.3, 0.4) is 0 Å². The molecular formula is C14H15IN2. The predicted octanol–water partition coefficient (Wildman–Crippen LogP) is 3.31. The average molecular weight is 338 g/mol. The van der Waals surface area contributed by atoms with Crippen molar-refractivity contribution in [1.82, 2.24) is 10.3 Å². The maximum Gasteiger partial charge on any atom is 0.0441 e. The first-order valence-electron chi connectivity index (χ1n) is 6.09. The molecule has 0 unspecified atom stereocenters. The summed E-state index contributed by atoms with van der Waals surface area (Å²) in [6, 6.07) is 8.81. The van der Waals surface area contributed by atoms with E-state index in [1.807, 2.05) is 6.20 Å². The second kappa shape index (κ2) is 4.90. The molecule has 0 aliphatic carbocycles. The van der Waals surface area contributed by atoms with Crippen LogP contribution in [0.1, 0.15) is 24.5 Å². The molecule has 1 aromatic heterocycles. The van der Waals surface area contributed by atoms with Gasteiger partial charge in [0.1, 0.15) is 0 Å². The van der Waals surface area contributed by atoms with Crippen molar-refractivity contribution in [2.45, 2.75) is 18.8 Å². The van der Waals surface area contributed by atoms with Crippen LogP contribution in [0.4, 0.5) is 0 Å². The number of aromatic nitrogens is 1. The molecule has 0 amide bonds. The fourth-order valence-electron chi connectivity index (χ4n) is 2.47. The minimum Gasteiger partial charge on any atom is -0.317 e. The lowest BCUT2D eigenvalue weighted by atomic mass is 9.93. The van der Waals surface area contributed by atoms with Crippen molar-refractivity contribution >= 4 is 33.4 Å². The monoisotopic (exact) mass is 338 g/mol. The number of hydrogen-bond acceptors (Lipinski definition) is 2. The van der Waals surface area contributed by atoms with E-state index in [0.717, 1.165) is 13.1 Å². The van der Waals surface area contributed by atoms with Gasteiger partial charge in [-0.25, -0.2) is 0 Å². The summed E-state index contributed by atoms with van der Waals surface area (Å²) in [4.78, 5) is 4.64. The molecule has 1 aromatic carbocycles. The molecule has 2 aromatic rings. The molecule has 0 saturated carbocycles. The first kappa shape index (κ1) is 11.4. The van der Waals surface area contributed by atoms with Crippen molar-refractivity contribution in [2.24, 2.45) is 0 Å². The van der Waals surface area contributed by atoms with Crippen molar-refractivity contribution in [1.29, 1.82) is 0 Å². The van der Waals surface area contributed by atoms with Gasteiger partial charge < -0.3 is 5.32 Å². The Hall–Kier alpha value is -0.680. The van der Waals surface area contributed by atoms with Crippen molar-refractivity contribution < 1.29 is 0 Å². The SMILES string of the molecule is Ic1ccc2cc(C3CCNCC3)ncc2c1. The van der Waals surface area contributed by atoms with Gasteiger partial charge in [-0.05, 0) is 72.1 Å². The van der Waals surface area contributed by atoms with Gasteiger partial charge in [0, 0.05) is 26.8 Å². The average Bonchev–Trinajstić information content (AvgIpc) is 2.39. The lowest BCUT2D eigenvalue weighted by molar-refractivity contribution is 0.454. The predicted molar refractivity (Wildman–Crippen MR) is 79.3 cm³/mol. The van der Waals surface area contributed by atoms with Crippen LogP contribution < -0.4 is 5.32 Å². The maximum absolute atomic E-state index is 4.64. The van der Waals surface area contributed by atoms with Crippen LogP contribution in [0.15, 0.2) is 30.5 Å². The van der Waals surface area contributed by atoms with Gasteiger partial charge in [-0.1, -0.05) is 6.07 Å². The normalized spacial score (nSPS) is 17.5. The lowest BCUT2D eigenvalue weighted by Gasteiger charge is -2.22. The number of pyridine rings is 1. The van der Waals surface area contributed by atoms with E-state index in [4.69, 9.17) is 0 Å². The molecule has 1 fully saturated rings. The van der Waals surface area contributed by atoms with E-state index < -0.39 is 0 Å². The van der Waals surface area contributed by atoms with Gasteiger partial charge in [0.05, 0.1) is 0 Å². The zero-order valence-electron chi connectivity index (χ0n) is 9.62. The molecule has 1 aliphatic heterocycles. The second-order valence-corrected chi connectivity index (χ2v) is 5.87. The van der Waals surface area contributed by atoms with Crippen molar-refractivity contribution in [3.8, 4) is 0 Å². The van der Waals surface area contributed by atoms with E-state index >= 15 is 0 Å². The molecule has 17 heavy (non-hydrogen) atoms. The van der Waals surface area contributed by atoms with E-state index in [0.29, 0.717) is 5.92 Å². The Kier molecular flexibility index (Phi) is 3.29. The minimum absolute atomic E-state index is 0.639. The molecule has 0 radical (unpaired) electrons. The molecule has 2 nitrogen and oxygen atoms in total. The topological polar surface area (TPSA) is 24.9 Å². The smallest absolute Gasteiger partial charge is 0.0441 e. The van der Waals surface area contributed by atoms with E-state index in [-0.39, 0.29) is 0 Å². The van der Waals surface area contributed by atoms with Gasteiger partial charge in [0.2, 0.25) is 0 Å². The van der Waals surface area contributed by atoms with Crippen LogP contribution in [0.5, 0.6) is 0 Å². The molecule has 88 valence electrons. The highest BCUT2D eigenvalue weighted by Gasteiger charge is 2.16. The molecule has 1 saturated heterocycles. The Labute approximate surface area is 115 Å². The summed E-state index contributed by atoms with van der Waals surface area (Å²) < 4.78 is 1.27. The summed E-state index contributed by atoms with van der Waals surface area (Å²) in [7, 11) is 0. The summed E-state index contributed by atoms with van der Waals surface area (Å²) in [5.41, 5.74) is 1.26. The van der Waals surface area contributed by atoms with Crippen LogP contribution in [0, 0.1) is 3.57 Å². The molecule has 1 N–H and O–H groups in total. The molecule has 1 aliphatic rings. The second-order valence-electron chi connectivity index (χ2n) is 4.62. The number of rotatable bonds is 1. The zero-order valence-corrected chi connectivity index (χ0v) is 11.8. The highest BCUT2D eigenvalue weighted by molar-refractivity contribution is 14.1. The number of benzene rings is 1. The Morgan fingerprint density at radius 1 is 1.12 bits per heavy atom. The summed E-state index contributed by atoms with van der Waals surface area (Å²) >= 11 is 2.34. The van der Waals surface area contributed by atoms with Crippen LogP contribution in [-0.4, -0.2) is 18.1 Å². The van der Waals surface area contributed by atoms with E-state index in [1.165, 1.54) is 32.9 Å². The van der Waals surface area contributed by atoms with Gasteiger partial charge >= 0.3 is 0 Å². The molecule has 0 atom stereocenters. The summed E-state index contributed by atoms with van der Waals surface area (Å²) in [6.07, 6.45) is 4.45. The van der Waals surface area contributed by atoms with Gasteiger partial charge in [0.25, 0.3) is 0 Å². The molecule has 0 spiro atoms. The number of hydrogen-bond donors (Lipinski definition) is 1. The fourth-order valence-corrected chi connectivity index (χ4v) is 2.99. The summed E-state index contributed by atoms with van der Waals surface area (Å²) in [6.45, 7) is 2.24. The van der Waals surface area contributed by atoms with Gasteiger partial charge in [-0.3, -0.25) is 4.98 Å². The van der Waals surface area contributed by atoms with Gasteiger partial charge in [-0.15, -0.1) is 0 Å². The zero-order chi connectivity index (χ0) is 11.7. The standard InChI is InChI=1S/C14H15IN2/c15-13-2-1-11-8-14(17-9-12(11)7-13)10-3-5-16-6-4-10/h1-2,7-10,16H,3-6H2. The number of halogens is 1. The first-order chi connectivity index (χ1) is 8.33. The fraction of sp³-hybridized carbons (Fsp3) is 0.357. The third kappa shape index (κ3) is 2.45. The van der Waals surface area contributed by atoms with E-state index in [2.05, 4.69) is 57.2 Å². The summed E-state index contributed by atoms with van der Waals surface area (Å²) in [5, 5.41) is 5.96. The van der Waals surface area contributed by atoms with Crippen molar-refractivity contribution in [3.63, 3.8) is 0 Å². The highest BCUT2D eigenvalue weighted by Crippen LogP contribution is 2.26. The van der Waals surface area contributed by atoms with E-state index in [9.17, 15) is 0 Å². The van der Waals surface area contributed by atoms with Gasteiger partial charge in [0.15, 0.2) is 0 Å². The highest BCUT2D eigenvalue weighted by atomic mass is 127. The van der Waals surface area contributed by atoms with Crippen LogP contribution in [0.2, 0.25) is 0 Å². The third-order valence-corrected chi connectivity index (χ3v) is 4.13.